The standard InChI is InChI=1S/C15H12ClF6N5O/c16-9-3-4-10(26-11(9)15(20,21)22)27-13(28)25-7-6-24-12-8(14(17,18)19)2-1-5-23-12/h1-5H,6-7H2,(H,23,24)(H2,25,26,27,28). The molecule has 2 aromatic rings. The fourth-order valence-electron chi connectivity index (χ4n) is 2.00. The number of hydrogen-bond donors (Lipinski definition) is 3. The molecular weight excluding hydrogens is 416 g/mol. The second-order valence-corrected chi connectivity index (χ2v) is 5.64. The zero-order valence-electron chi connectivity index (χ0n) is 13.7. The Labute approximate surface area is 159 Å². The fourth-order valence-corrected chi connectivity index (χ4v) is 2.22. The number of nitrogens with one attached hydrogen (secondary N) is 3. The molecule has 2 amide bonds. The van der Waals surface area contributed by atoms with E-state index in [1.165, 1.54) is 6.20 Å². The molecule has 152 valence electrons. The van der Waals surface area contributed by atoms with Crippen LogP contribution in [0.4, 0.5) is 42.8 Å². The molecule has 0 atom stereocenters. The Bertz CT molecular complexity index is 842. The SMILES string of the molecule is O=C(NCCNc1ncccc1C(F)(F)F)Nc1ccc(Cl)c(C(F)(F)F)n1. The van der Waals surface area contributed by atoms with E-state index in [1.54, 1.807) is 0 Å². The van der Waals surface area contributed by atoms with Gasteiger partial charge >= 0.3 is 18.4 Å². The van der Waals surface area contributed by atoms with Gasteiger partial charge in [0.05, 0.1) is 10.6 Å². The summed E-state index contributed by atoms with van der Waals surface area (Å²) < 4.78 is 76.6. The van der Waals surface area contributed by atoms with E-state index in [4.69, 9.17) is 11.6 Å². The zero-order valence-corrected chi connectivity index (χ0v) is 14.5. The molecule has 2 rings (SSSR count). The average Bonchev–Trinajstić information content (AvgIpc) is 2.59. The summed E-state index contributed by atoms with van der Waals surface area (Å²) in [7, 11) is 0. The van der Waals surface area contributed by atoms with Crippen LogP contribution in [0, 0.1) is 0 Å². The molecule has 13 heteroatoms. The van der Waals surface area contributed by atoms with Crippen LogP contribution in [0.2, 0.25) is 5.02 Å². The van der Waals surface area contributed by atoms with Gasteiger partial charge in [-0.05, 0) is 24.3 Å². The lowest BCUT2D eigenvalue weighted by Gasteiger charge is -2.14. The van der Waals surface area contributed by atoms with E-state index in [9.17, 15) is 31.1 Å². The van der Waals surface area contributed by atoms with Crippen LogP contribution in [-0.2, 0) is 12.4 Å². The smallest absolute Gasteiger partial charge is 0.368 e. The number of urea groups is 1. The van der Waals surface area contributed by atoms with E-state index in [0.29, 0.717) is 0 Å². The largest absolute Gasteiger partial charge is 0.434 e. The number of carbonyl (C=O) groups is 1. The number of amides is 2. The Morgan fingerprint density at radius 1 is 1.04 bits per heavy atom. The highest BCUT2D eigenvalue weighted by molar-refractivity contribution is 6.31. The Morgan fingerprint density at radius 2 is 1.75 bits per heavy atom. The molecule has 0 aliphatic heterocycles. The van der Waals surface area contributed by atoms with Crippen molar-refractivity contribution in [3.05, 3.63) is 46.7 Å². The van der Waals surface area contributed by atoms with Gasteiger partial charge in [0, 0.05) is 19.3 Å². The molecule has 6 nitrogen and oxygen atoms in total. The molecule has 0 fully saturated rings. The van der Waals surface area contributed by atoms with Gasteiger partial charge in [-0.3, -0.25) is 5.32 Å². The second-order valence-electron chi connectivity index (χ2n) is 5.23. The van der Waals surface area contributed by atoms with E-state index in [2.05, 4.69) is 25.9 Å². The van der Waals surface area contributed by atoms with E-state index < -0.39 is 46.3 Å². The molecule has 0 aromatic carbocycles. The van der Waals surface area contributed by atoms with Gasteiger partial charge in [-0.25, -0.2) is 14.8 Å². The minimum atomic E-state index is -4.80. The molecule has 2 aromatic heterocycles. The summed E-state index contributed by atoms with van der Waals surface area (Å²) in [6.45, 7) is -0.255. The quantitative estimate of drug-likeness (QED) is 0.488. The first-order chi connectivity index (χ1) is 13.0. The highest BCUT2D eigenvalue weighted by Crippen LogP contribution is 2.34. The fraction of sp³-hybridized carbons (Fsp3) is 0.267. The lowest BCUT2D eigenvalue weighted by molar-refractivity contribution is -0.141. The first-order valence-electron chi connectivity index (χ1n) is 7.53. The summed E-state index contributed by atoms with van der Waals surface area (Å²) in [6.07, 6.45) is -8.23. The molecule has 28 heavy (non-hydrogen) atoms. The van der Waals surface area contributed by atoms with Gasteiger partial charge in [0.15, 0.2) is 5.69 Å². The van der Waals surface area contributed by atoms with Crippen LogP contribution in [0.25, 0.3) is 0 Å². The monoisotopic (exact) mass is 427 g/mol. The predicted octanol–water partition coefficient (Wildman–Crippen LogP) is 4.40. The summed E-state index contributed by atoms with van der Waals surface area (Å²) in [5, 5.41) is 6.12. The summed E-state index contributed by atoms with van der Waals surface area (Å²) in [5.74, 6) is -0.808. The maximum absolute atomic E-state index is 12.8. The van der Waals surface area contributed by atoms with Crippen molar-refractivity contribution in [2.75, 3.05) is 23.7 Å². The molecule has 0 saturated heterocycles. The van der Waals surface area contributed by atoms with Gasteiger partial charge < -0.3 is 10.6 Å². The van der Waals surface area contributed by atoms with Crippen molar-refractivity contribution in [1.82, 2.24) is 15.3 Å². The normalized spacial score (nSPS) is 11.8. The summed E-state index contributed by atoms with van der Waals surface area (Å²) in [4.78, 5) is 18.5. The third-order valence-corrected chi connectivity index (χ3v) is 3.48. The Kier molecular flexibility index (Phi) is 6.54. The van der Waals surface area contributed by atoms with Crippen LogP contribution in [0.3, 0.4) is 0 Å². The summed E-state index contributed by atoms with van der Waals surface area (Å²) >= 11 is 5.42. The summed E-state index contributed by atoms with van der Waals surface area (Å²) in [5.41, 5.74) is -2.33. The average molecular weight is 428 g/mol. The minimum absolute atomic E-state index is 0.116. The first kappa shape index (κ1) is 21.5. The number of rotatable bonds is 5. The number of hydrogen-bond acceptors (Lipinski definition) is 4. The number of halogens is 7. The Hall–Kier alpha value is -2.76. The minimum Gasteiger partial charge on any atom is -0.368 e. The van der Waals surface area contributed by atoms with Crippen LogP contribution in [0.15, 0.2) is 30.5 Å². The lowest BCUT2D eigenvalue weighted by Crippen LogP contribution is -2.33. The molecule has 0 radical (unpaired) electrons. The number of aromatic nitrogens is 2. The van der Waals surface area contributed by atoms with Gasteiger partial charge in [0.1, 0.15) is 11.6 Å². The van der Waals surface area contributed by atoms with E-state index in [1.807, 2.05) is 0 Å². The number of nitrogens with zero attached hydrogens (tertiary/aromatic N) is 2. The third kappa shape index (κ3) is 5.87. The number of carbonyl (C=O) groups excluding carboxylic acids is 1. The van der Waals surface area contributed by atoms with Crippen molar-refractivity contribution >= 4 is 29.3 Å². The van der Waals surface area contributed by atoms with Gasteiger partial charge in [-0.15, -0.1) is 0 Å². The second kappa shape index (κ2) is 8.50. The highest BCUT2D eigenvalue weighted by Gasteiger charge is 2.36. The van der Waals surface area contributed by atoms with Crippen molar-refractivity contribution in [3.8, 4) is 0 Å². The molecule has 0 unspecified atom stereocenters. The molecule has 0 aliphatic rings. The van der Waals surface area contributed by atoms with Gasteiger partial charge in [0.2, 0.25) is 0 Å². The molecule has 0 saturated carbocycles. The van der Waals surface area contributed by atoms with Crippen molar-refractivity contribution in [3.63, 3.8) is 0 Å². The van der Waals surface area contributed by atoms with Crippen molar-refractivity contribution in [2.24, 2.45) is 0 Å². The molecular formula is C15H12ClF6N5O. The molecule has 0 aliphatic carbocycles. The van der Waals surface area contributed by atoms with Crippen molar-refractivity contribution in [1.29, 1.82) is 0 Å². The number of pyridine rings is 2. The molecule has 2 heterocycles. The summed E-state index contributed by atoms with van der Waals surface area (Å²) in [6, 6.07) is 3.07. The lowest BCUT2D eigenvalue weighted by atomic mass is 10.2. The van der Waals surface area contributed by atoms with Crippen LogP contribution in [0.1, 0.15) is 11.3 Å². The maximum Gasteiger partial charge on any atom is 0.434 e. The van der Waals surface area contributed by atoms with Crippen molar-refractivity contribution in [2.45, 2.75) is 12.4 Å². The Morgan fingerprint density at radius 3 is 2.39 bits per heavy atom. The van der Waals surface area contributed by atoms with E-state index in [-0.39, 0.29) is 13.1 Å². The van der Waals surface area contributed by atoms with Gasteiger partial charge in [0.25, 0.3) is 0 Å². The zero-order chi connectivity index (χ0) is 20.9. The van der Waals surface area contributed by atoms with Gasteiger partial charge in [-0.1, -0.05) is 11.6 Å². The maximum atomic E-state index is 12.8. The number of anilines is 2. The molecule has 3 N–H and O–H groups in total. The van der Waals surface area contributed by atoms with Crippen LogP contribution in [0.5, 0.6) is 0 Å². The van der Waals surface area contributed by atoms with Crippen LogP contribution in [-0.4, -0.2) is 29.1 Å². The first-order valence-corrected chi connectivity index (χ1v) is 7.91. The van der Waals surface area contributed by atoms with Crippen LogP contribution >= 0.6 is 11.6 Å². The molecule has 0 spiro atoms. The topological polar surface area (TPSA) is 78.9 Å². The van der Waals surface area contributed by atoms with Crippen LogP contribution < -0.4 is 16.0 Å². The molecule has 0 bridgehead atoms. The Balaban J connectivity index is 1.88. The third-order valence-electron chi connectivity index (χ3n) is 3.17. The van der Waals surface area contributed by atoms with Crippen molar-refractivity contribution < 1.29 is 31.1 Å². The number of alkyl halides is 6. The highest BCUT2D eigenvalue weighted by atomic mass is 35.5. The van der Waals surface area contributed by atoms with E-state index in [0.717, 1.165) is 24.3 Å². The van der Waals surface area contributed by atoms with E-state index >= 15 is 0 Å². The predicted molar refractivity (Wildman–Crippen MR) is 89.0 cm³/mol. The van der Waals surface area contributed by atoms with Gasteiger partial charge in [-0.2, -0.15) is 26.3 Å².